The Balaban J connectivity index is 1.75. The first-order valence-corrected chi connectivity index (χ1v) is 10.5. The first-order valence-electron chi connectivity index (χ1n) is 10.5. The Morgan fingerprint density at radius 2 is 2.17 bits per heavy atom. The topological polar surface area (TPSA) is 87.9 Å². The monoisotopic (exact) mass is 424 g/mol. The zero-order valence-corrected chi connectivity index (χ0v) is 17.3. The number of morpholine rings is 1. The second-order valence-electron chi connectivity index (χ2n) is 7.80. The predicted molar refractivity (Wildman–Crippen MR) is 111 cm³/mol. The number of halogens is 2. The summed E-state index contributed by atoms with van der Waals surface area (Å²) in [4.78, 5) is 28.3. The van der Waals surface area contributed by atoms with Crippen LogP contribution in [-0.2, 0) is 14.3 Å². The Kier molecular flexibility index (Phi) is 7.74. The lowest BCUT2D eigenvalue weighted by Gasteiger charge is -2.35. The molecule has 7 nitrogen and oxygen atoms in total. The molecule has 1 heterocycles. The maximum atomic E-state index is 13.7. The van der Waals surface area contributed by atoms with Crippen LogP contribution in [0.4, 0.5) is 20.2 Å². The summed E-state index contributed by atoms with van der Waals surface area (Å²) in [6.45, 7) is 4.00. The summed E-state index contributed by atoms with van der Waals surface area (Å²) in [7, 11) is 0. The van der Waals surface area contributed by atoms with Crippen molar-refractivity contribution in [3.8, 4) is 0 Å². The molecule has 2 aliphatic rings. The molecule has 1 aromatic carbocycles. The minimum Gasteiger partial charge on any atom is -0.370 e. The number of benzene rings is 1. The number of amides is 2. The van der Waals surface area contributed by atoms with Gasteiger partial charge in [0.2, 0.25) is 5.91 Å². The predicted octanol–water partition coefficient (Wildman–Crippen LogP) is 2.38. The molecule has 2 amide bonds. The van der Waals surface area contributed by atoms with Crippen LogP contribution in [0.3, 0.4) is 0 Å². The van der Waals surface area contributed by atoms with E-state index in [4.69, 9.17) is 10.5 Å². The van der Waals surface area contributed by atoms with Gasteiger partial charge >= 0.3 is 0 Å². The van der Waals surface area contributed by atoms with E-state index in [0.29, 0.717) is 19.1 Å². The van der Waals surface area contributed by atoms with Gasteiger partial charge in [-0.25, -0.2) is 8.78 Å². The van der Waals surface area contributed by atoms with Crippen molar-refractivity contribution in [2.75, 3.05) is 49.6 Å². The third kappa shape index (κ3) is 5.14. The Hall–Kier alpha value is -2.10. The molecule has 1 saturated heterocycles. The van der Waals surface area contributed by atoms with Crippen molar-refractivity contribution < 1.29 is 23.1 Å². The molecule has 3 rings (SSSR count). The van der Waals surface area contributed by atoms with E-state index in [9.17, 15) is 18.4 Å². The fourth-order valence-electron chi connectivity index (χ4n) is 3.96. The molecule has 166 valence electrons. The largest absolute Gasteiger partial charge is 0.370 e. The van der Waals surface area contributed by atoms with E-state index in [1.807, 2.05) is 11.8 Å². The average Bonchev–Trinajstić information content (AvgIpc) is 2.70. The van der Waals surface area contributed by atoms with E-state index in [2.05, 4.69) is 5.32 Å². The van der Waals surface area contributed by atoms with Crippen molar-refractivity contribution >= 4 is 23.2 Å². The molecule has 1 atom stereocenters. The minimum absolute atomic E-state index is 0.132. The lowest BCUT2D eigenvalue weighted by atomic mass is 9.85. The molecule has 0 unspecified atom stereocenters. The van der Waals surface area contributed by atoms with Gasteiger partial charge in [-0.05, 0) is 43.5 Å². The maximum Gasteiger partial charge on any atom is 0.265 e. The van der Waals surface area contributed by atoms with E-state index in [-0.39, 0.29) is 48.4 Å². The Morgan fingerprint density at radius 3 is 2.73 bits per heavy atom. The quantitative estimate of drug-likeness (QED) is 0.636. The summed E-state index contributed by atoms with van der Waals surface area (Å²) < 4.78 is 32.5. The lowest BCUT2D eigenvalue weighted by molar-refractivity contribution is -0.125. The number of nitrogens with two attached hydrogens (primary N) is 1. The highest BCUT2D eigenvalue weighted by Gasteiger charge is 2.29. The molecule has 0 spiro atoms. The highest BCUT2D eigenvalue weighted by molar-refractivity contribution is 5.97. The number of hydrogen-bond donors (Lipinski definition) is 2. The molecule has 0 aromatic heterocycles. The fraction of sp³-hybridized carbons (Fsp3) is 0.619. The van der Waals surface area contributed by atoms with Crippen molar-refractivity contribution in [1.82, 2.24) is 4.90 Å². The number of alkyl halides is 2. The van der Waals surface area contributed by atoms with Crippen LogP contribution in [0.1, 0.15) is 38.2 Å². The second kappa shape index (κ2) is 10.3. The molecule has 30 heavy (non-hydrogen) atoms. The number of hydrogen-bond acceptors (Lipinski definition) is 5. The molecule has 1 aromatic rings. The van der Waals surface area contributed by atoms with Crippen LogP contribution in [0.5, 0.6) is 0 Å². The molecule has 2 fully saturated rings. The van der Waals surface area contributed by atoms with Crippen LogP contribution in [0, 0.1) is 5.92 Å². The first kappa shape index (κ1) is 22.6. The number of carbonyl (C=O) groups excluding carboxylic acids is 2. The third-order valence-corrected chi connectivity index (χ3v) is 5.90. The number of ether oxygens (including phenoxy) is 1. The SMILES string of the molecule is CCN(CC1CCC1)[C@H](CN)C(=O)Nc1ccc(N2CCOCC2=O)c(C(F)F)c1. The van der Waals surface area contributed by atoms with Crippen LogP contribution in [-0.4, -0.2) is 62.1 Å². The summed E-state index contributed by atoms with van der Waals surface area (Å²) >= 11 is 0. The molecular formula is C21H30F2N4O3. The highest BCUT2D eigenvalue weighted by atomic mass is 19.3. The number of nitrogens with one attached hydrogen (secondary N) is 1. The minimum atomic E-state index is -2.79. The molecule has 1 aliphatic heterocycles. The van der Waals surface area contributed by atoms with Gasteiger partial charge in [-0.15, -0.1) is 0 Å². The van der Waals surface area contributed by atoms with E-state index in [1.165, 1.54) is 29.5 Å². The summed E-state index contributed by atoms with van der Waals surface area (Å²) in [5.41, 5.74) is 5.99. The fourth-order valence-corrected chi connectivity index (χ4v) is 3.96. The van der Waals surface area contributed by atoms with Crippen LogP contribution in [0.25, 0.3) is 0 Å². The Bertz CT molecular complexity index is 758. The summed E-state index contributed by atoms with van der Waals surface area (Å²) in [5, 5.41) is 2.73. The van der Waals surface area contributed by atoms with Gasteiger partial charge in [-0.2, -0.15) is 0 Å². The maximum absolute atomic E-state index is 13.7. The van der Waals surface area contributed by atoms with E-state index in [0.717, 1.165) is 19.4 Å². The van der Waals surface area contributed by atoms with Gasteiger partial charge in [-0.1, -0.05) is 13.3 Å². The van der Waals surface area contributed by atoms with Gasteiger partial charge in [0.15, 0.2) is 0 Å². The first-order chi connectivity index (χ1) is 14.4. The zero-order valence-electron chi connectivity index (χ0n) is 17.3. The molecule has 0 radical (unpaired) electrons. The van der Waals surface area contributed by atoms with Crippen LogP contribution < -0.4 is 16.0 Å². The van der Waals surface area contributed by atoms with Gasteiger partial charge in [-0.3, -0.25) is 14.5 Å². The molecule has 1 aliphatic carbocycles. The third-order valence-electron chi connectivity index (χ3n) is 5.90. The summed E-state index contributed by atoms with van der Waals surface area (Å²) in [6, 6.07) is 3.70. The van der Waals surface area contributed by atoms with Gasteiger partial charge in [0.05, 0.1) is 12.3 Å². The number of nitrogens with zero attached hydrogens (tertiary/aromatic N) is 2. The molecular weight excluding hydrogens is 394 g/mol. The van der Waals surface area contributed by atoms with Crippen LogP contribution in [0.2, 0.25) is 0 Å². The lowest BCUT2D eigenvalue weighted by Crippen LogP contribution is -2.50. The Morgan fingerprint density at radius 1 is 1.40 bits per heavy atom. The normalized spacial score (nSPS) is 18.6. The zero-order chi connectivity index (χ0) is 21.7. The molecule has 3 N–H and O–H groups in total. The smallest absolute Gasteiger partial charge is 0.265 e. The van der Waals surface area contributed by atoms with E-state index < -0.39 is 12.5 Å². The van der Waals surface area contributed by atoms with Crippen LogP contribution in [0.15, 0.2) is 18.2 Å². The molecule has 1 saturated carbocycles. The number of rotatable bonds is 9. The Labute approximate surface area is 175 Å². The molecule has 9 heteroatoms. The summed E-state index contributed by atoms with van der Waals surface area (Å²) in [5.74, 6) is -0.0885. The average molecular weight is 424 g/mol. The van der Waals surface area contributed by atoms with E-state index >= 15 is 0 Å². The van der Waals surface area contributed by atoms with E-state index in [1.54, 1.807) is 0 Å². The number of carbonyl (C=O) groups is 2. The second-order valence-corrected chi connectivity index (χ2v) is 7.80. The van der Waals surface area contributed by atoms with Crippen molar-refractivity contribution in [3.63, 3.8) is 0 Å². The van der Waals surface area contributed by atoms with Gasteiger partial charge in [0.1, 0.15) is 12.6 Å². The van der Waals surface area contributed by atoms with Gasteiger partial charge in [0, 0.05) is 30.9 Å². The summed E-state index contributed by atoms with van der Waals surface area (Å²) in [6.07, 6.45) is 0.753. The van der Waals surface area contributed by atoms with Crippen molar-refractivity contribution in [2.24, 2.45) is 11.7 Å². The number of likely N-dealkylation sites (N-methyl/N-ethyl adjacent to an activating group) is 1. The van der Waals surface area contributed by atoms with Crippen molar-refractivity contribution in [2.45, 2.75) is 38.7 Å². The van der Waals surface area contributed by atoms with Gasteiger partial charge in [0.25, 0.3) is 12.3 Å². The molecule has 0 bridgehead atoms. The van der Waals surface area contributed by atoms with Crippen LogP contribution >= 0.6 is 0 Å². The standard InChI is InChI=1S/C21H30F2N4O3/c1-2-26(12-14-4-3-5-14)18(11-24)21(29)25-15-6-7-17(16(10-15)20(22)23)27-8-9-30-13-19(27)28/h6-7,10,14,18,20H,2-5,8-9,11-13,24H2,1H3,(H,25,29)/t18-/m1/s1. The van der Waals surface area contributed by atoms with Gasteiger partial charge < -0.3 is 20.7 Å². The number of anilines is 2. The highest BCUT2D eigenvalue weighted by Crippen LogP contribution is 2.33. The van der Waals surface area contributed by atoms with Crippen molar-refractivity contribution in [1.29, 1.82) is 0 Å². The van der Waals surface area contributed by atoms with Crippen molar-refractivity contribution in [3.05, 3.63) is 23.8 Å².